The van der Waals surface area contributed by atoms with E-state index < -0.39 is 6.04 Å². The third-order valence-corrected chi connectivity index (χ3v) is 6.34. The molecule has 1 aliphatic heterocycles. The van der Waals surface area contributed by atoms with Crippen molar-refractivity contribution in [2.75, 3.05) is 6.61 Å². The molecule has 0 radical (unpaired) electrons. The molecule has 5 nitrogen and oxygen atoms in total. The first kappa shape index (κ1) is 23.6. The summed E-state index contributed by atoms with van der Waals surface area (Å²) in [4.78, 5) is 13.1. The quantitative estimate of drug-likeness (QED) is 0.246. The van der Waals surface area contributed by atoms with Crippen LogP contribution < -0.4 is 15.4 Å². The second-order valence-corrected chi connectivity index (χ2v) is 8.81. The average Bonchev–Trinajstić information content (AvgIpc) is 2.92. The molecular formula is C30H26N2O3S. The maximum atomic E-state index is 13.1. The molecule has 6 heteroatoms. The summed E-state index contributed by atoms with van der Waals surface area (Å²) in [5, 5.41) is 9.22. The van der Waals surface area contributed by atoms with Gasteiger partial charge in [0.15, 0.2) is 5.11 Å². The minimum atomic E-state index is -0.458. The fourth-order valence-electron chi connectivity index (χ4n) is 4.41. The monoisotopic (exact) mass is 494 g/mol. The highest BCUT2D eigenvalue weighted by molar-refractivity contribution is 7.80. The first-order valence-corrected chi connectivity index (χ1v) is 12.3. The lowest BCUT2D eigenvalue weighted by atomic mass is 9.93. The second kappa shape index (κ2) is 10.6. The highest BCUT2D eigenvalue weighted by atomic mass is 32.1. The summed E-state index contributed by atoms with van der Waals surface area (Å²) in [5.74, 6) is 0.355. The number of nitrogens with one attached hydrogen (secondary N) is 2. The van der Waals surface area contributed by atoms with Crippen LogP contribution >= 0.6 is 12.2 Å². The average molecular weight is 495 g/mol. The van der Waals surface area contributed by atoms with Gasteiger partial charge in [-0.1, -0.05) is 84.9 Å². The van der Waals surface area contributed by atoms with Crippen molar-refractivity contribution in [3.63, 3.8) is 0 Å². The molecule has 4 aromatic carbocycles. The van der Waals surface area contributed by atoms with Crippen molar-refractivity contribution in [3.8, 4) is 5.75 Å². The van der Waals surface area contributed by atoms with Gasteiger partial charge in [-0.25, -0.2) is 4.79 Å². The van der Waals surface area contributed by atoms with Crippen LogP contribution in [0.25, 0.3) is 16.5 Å². The van der Waals surface area contributed by atoms with Gasteiger partial charge in [0, 0.05) is 0 Å². The summed E-state index contributed by atoms with van der Waals surface area (Å²) >= 11 is 5.49. The van der Waals surface area contributed by atoms with Crippen molar-refractivity contribution in [2.45, 2.75) is 19.6 Å². The van der Waals surface area contributed by atoms with Crippen molar-refractivity contribution in [2.24, 2.45) is 0 Å². The molecule has 36 heavy (non-hydrogen) atoms. The first-order valence-electron chi connectivity index (χ1n) is 11.9. The van der Waals surface area contributed by atoms with E-state index in [2.05, 4.69) is 34.9 Å². The van der Waals surface area contributed by atoms with Gasteiger partial charge >= 0.3 is 5.97 Å². The molecule has 4 aromatic rings. The lowest BCUT2D eigenvalue weighted by Crippen LogP contribution is -2.45. The zero-order valence-corrected chi connectivity index (χ0v) is 20.7. The lowest BCUT2D eigenvalue weighted by Gasteiger charge is -2.31. The van der Waals surface area contributed by atoms with Crippen LogP contribution in [-0.2, 0) is 16.1 Å². The number of thiocarbonyl (C=S) groups is 1. The molecule has 0 aromatic heterocycles. The number of esters is 1. The van der Waals surface area contributed by atoms with E-state index in [1.807, 2.05) is 72.8 Å². The van der Waals surface area contributed by atoms with Crippen LogP contribution in [0, 0.1) is 0 Å². The Hall–Kier alpha value is -4.16. The topological polar surface area (TPSA) is 59.6 Å². The summed E-state index contributed by atoms with van der Waals surface area (Å²) < 4.78 is 11.5. The molecule has 1 heterocycles. The Morgan fingerprint density at radius 3 is 2.39 bits per heavy atom. The van der Waals surface area contributed by atoms with E-state index in [9.17, 15) is 4.79 Å². The second-order valence-electron chi connectivity index (χ2n) is 8.40. The van der Waals surface area contributed by atoms with Gasteiger partial charge in [0.1, 0.15) is 12.4 Å². The number of benzene rings is 4. The summed E-state index contributed by atoms with van der Waals surface area (Å²) in [6, 6.07) is 31.4. The van der Waals surface area contributed by atoms with E-state index in [0.717, 1.165) is 22.4 Å². The molecule has 0 bridgehead atoms. The molecule has 180 valence electrons. The summed E-state index contributed by atoms with van der Waals surface area (Å²) in [7, 11) is 0. The van der Waals surface area contributed by atoms with Crippen LogP contribution in [0.1, 0.15) is 29.7 Å². The zero-order chi connectivity index (χ0) is 24.9. The fraction of sp³-hybridized carbons (Fsp3) is 0.133. The fourth-order valence-corrected chi connectivity index (χ4v) is 4.63. The van der Waals surface area contributed by atoms with Gasteiger partial charge in [-0.05, 0) is 58.7 Å². The smallest absolute Gasteiger partial charge is 0.338 e. The Labute approximate surface area is 215 Å². The van der Waals surface area contributed by atoms with Crippen molar-refractivity contribution in [1.29, 1.82) is 0 Å². The molecule has 5 rings (SSSR count). The molecule has 0 saturated carbocycles. The third-order valence-electron chi connectivity index (χ3n) is 6.12. The maximum Gasteiger partial charge on any atom is 0.338 e. The molecule has 0 saturated heterocycles. The molecule has 1 aliphatic rings. The molecule has 0 aliphatic carbocycles. The number of hydrogen-bond acceptors (Lipinski definition) is 4. The number of fused-ring (bicyclic) bond motifs is 1. The highest BCUT2D eigenvalue weighted by Gasteiger charge is 2.33. The van der Waals surface area contributed by atoms with Gasteiger partial charge in [-0.3, -0.25) is 0 Å². The molecule has 2 N–H and O–H groups in total. The zero-order valence-electron chi connectivity index (χ0n) is 19.9. The molecule has 0 fully saturated rings. The van der Waals surface area contributed by atoms with Gasteiger partial charge in [0.25, 0.3) is 0 Å². The molecule has 0 unspecified atom stereocenters. The Bertz CT molecular complexity index is 1430. The standard InChI is InChI=1S/C30H26N2O3S/c1-2-34-29(33)26-27(21-10-4-3-5-11-21)31-30(36)32-28(26)22-15-17-24(18-16-22)35-19-23-13-8-12-20-9-6-7-14-25(20)23/h3-18,28H,2,19H2,1H3,(H2,31,32,36)/t28-/m1/s1. The van der Waals surface area contributed by atoms with Crippen molar-refractivity contribution < 1.29 is 14.3 Å². The number of ether oxygens (including phenoxy) is 2. The first-order chi connectivity index (χ1) is 17.6. The van der Waals surface area contributed by atoms with E-state index in [-0.39, 0.29) is 12.6 Å². The van der Waals surface area contributed by atoms with Gasteiger partial charge < -0.3 is 20.1 Å². The van der Waals surface area contributed by atoms with Crippen LogP contribution in [-0.4, -0.2) is 17.7 Å². The van der Waals surface area contributed by atoms with Gasteiger partial charge in [-0.15, -0.1) is 0 Å². The summed E-state index contributed by atoms with van der Waals surface area (Å²) in [6.45, 7) is 2.54. The van der Waals surface area contributed by atoms with Crippen LogP contribution in [0.4, 0.5) is 0 Å². The molecule has 1 atom stereocenters. The largest absolute Gasteiger partial charge is 0.489 e. The minimum absolute atomic E-state index is 0.280. The maximum absolute atomic E-state index is 13.1. The number of carbonyl (C=O) groups excluding carboxylic acids is 1. The van der Waals surface area contributed by atoms with Crippen molar-refractivity contribution in [3.05, 3.63) is 119 Å². The van der Waals surface area contributed by atoms with Crippen LogP contribution in [0.5, 0.6) is 5.75 Å². The van der Waals surface area contributed by atoms with Crippen LogP contribution in [0.15, 0.2) is 103 Å². The summed E-state index contributed by atoms with van der Waals surface area (Å²) in [6.07, 6.45) is 0. The SMILES string of the molecule is CCOC(=O)C1=C(c2ccccc2)NC(=S)N[C@@H]1c1ccc(OCc2cccc3ccccc23)cc1. The van der Waals surface area contributed by atoms with Crippen LogP contribution in [0.3, 0.4) is 0 Å². The van der Waals surface area contributed by atoms with E-state index in [1.54, 1.807) is 6.92 Å². The van der Waals surface area contributed by atoms with E-state index in [1.165, 1.54) is 10.8 Å². The normalized spacial score (nSPS) is 15.2. The van der Waals surface area contributed by atoms with Crippen molar-refractivity contribution in [1.82, 2.24) is 10.6 Å². The predicted octanol–water partition coefficient (Wildman–Crippen LogP) is 5.91. The summed E-state index contributed by atoms with van der Waals surface area (Å²) in [5.41, 5.74) is 4.01. The van der Waals surface area contributed by atoms with Crippen molar-refractivity contribution >= 4 is 39.8 Å². The lowest BCUT2D eigenvalue weighted by molar-refractivity contribution is -0.138. The van der Waals surface area contributed by atoms with Crippen LogP contribution in [0.2, 0.25) is 0 Å². The van der Waals surface area contributed by atoms with E-state index in [0.29, 0.717) is 23.0 Å². The van der Waals surface area contributed by atoms with Gasteiger partial charge in [-0.2, -0.15) is 0 Å². The Balaban J connectivity index is 1.42. The molecule has 0 spiro atoms. The van der Waals surface area contributed by atoms with E-state index >= 15 is 0 Å². The molecular weight excluding hydrogens is 468 g/mol. The number of hydrogen-bond donors (Lipinski definition) is 2. The Kier molecular flexibility index (Phi) is 6.96. The number of rotatable bonds is 7. The highest BCUT2D eigenvalue weighted by Crippen LogP contribution is 2.33. The third kappa shape index (κ3) is 4.95. The van der Waals surface area contributed by atoms with Gasteiger partial charge in [0.2, 0.25) is 0 Å². The van der Waals surface area contributed by atoms with E-state index in [4.69, 9.17) is 21.7 Å². The number of carbonyl (C=O) groups is 1. The molecule has 0 amide bonds. The minimum Gasteiger partial charge on any atom is -0.489 e. The Morgan fingerprint density at radius 1 is 0.889 bits per heavy atom. The predicted molar refractivity (Wildman–Crippen MR) is 146 cm³/mol. The Morgan fingerprint density at radius 2 is 1.61 bits per heavy atom. The van der Waals surface area contributed by atoms with Gasteiger partial charge in [0.05, 0.1) is 23.9 Å².